The van der Waals surface area contributed by atoms with Gasteiger partial charge in [-0.25, -0.2) is 0 Å². The molecule has 1 unspecified atom stereocenters. The zero-order valence-electron chi connectivity index (χ0n) is 9.40. The minimum absolute atomic E-state index is 0.235. The predicted molar refractivity (Wildman–Crippen MR) is 61.4 cm³/mol. The fraction of sp³-hybridized carbons (Fsp3) is 0.385. The summed E-state index contributed by atoms with van der Waals surface area (Å²) in [6, 6.07) is 10.1. The van der Waals surface area contributed by atoms with E-state index in [0.29, 0.717) is 13.2 Å². The van der Waals surface area contributed by atoms with Gasteiger partial charge >= 0.3 is 0 Å². The van der Waals surface area contributed by atoms with Crippen LogP contribution in [0.4, 0.5) is 0 Å². The van der Waals surface area contributed by atoms with Crippen LogP contribution in [0, 0.1) is 5.92 Å². The molecular weight excluding hydrogens is 188 g/mol. The summed E-state index contributed by atoms with van der Waals surface area (Å²) >= 11 is 0. The van der Waals surface area contributed by atoms with E-state index in [1.54, 1.807) is 7.11 Å². The third-order valence-corrected chi connectivity index (χ3v) is 2.23. The normalized spacial score (nSPS) is 12.1. The second-order valence-corrected chi connectivity index (χ2v) is 3.60. The average Bonchev–Trinajstić information content (AvgIpc) is 2.27. The number of ether oxygens (including phenoxy) is 2. The maximum Gasteiger partial charge on any atom is 0.113 e. The van der Waals surface area contributed by atoms with E-state index in [1.165, 1.54) is 0 Å². The van der Waals surface area contributed by atoms with Gasteiger partial charge in [-0.1, -0.05) is 43.8 Å². The molecule has 0 aliphatic rings. The molecule has 0 bridgehead atoms. The Labute approximate surface area is 91.5 Å². The summed E-state index contributed by atoms with van der Waals surface area (Å²) in [5, 5.41) is 0. The van der Waals surface area contributed by atoms with Crippen molar-refractivity contribution in [1.82, 2.24) is 0 Å². The van der Waals surface area contributed by atoms with Crippen molar-refractivity contribution in [3.63, 3.8) is 0 Å². The highest BCUT2D eigenvalue weighted by Gasteiger charge is 2.07. The predicted octanol–water partition coefficient (Wildman–Crippen LogP) is 3.00. The van der Waals surface area contributed by atoms with E-state index in [0.717, 1.165) is 11.3 Å². The molecule has 0 heterocycles. The van der Waals surface area contributed by atoms with Crippen molar-refractivity contribution in [1.29, 1.82) is 0 Å². The molecule has 0 radical (unpaired) electrons. The fourth-order valence-corrected chi connectivity index (χ4v) is 1.24. The van der Waals surface area contributed by atoms with E-state index >= 15 is 0 Å². The summed E-state index contributed by atoms with van der Waals surface area (Å²) < 4.78 is 10.6. The van der Waals surface area contributed by atoms with Crippen LogP contribution < -0.4 is 0 Å². The quantitative estimate of drug-likeness (QED) is 0.666. The van der Waals surface area contributed by atoms with Crippen LogP contribution in [0.5, 0.6) is 0 Å². The Kier molecular flexibility index (Phi) is 4.91. The Bertz CT molecular complexity index is 293. The van der Waals surface area contributed by atoms with E-state index in [1.807, 2.05) is 37.3 Å². The van der Waals surface area contributed by atoms with Crippen LogP contribution in [0.3, 0.4) is 0 Å². The van der Waals surface area contributed by atoms with Crippen LogP contribution in [-0.2, 0) is 16.1 Å². The highest BCUT2D eigenvalue weighted by molar-refractivity contribution is 5.13. The lowest BCUT2D eigenvalue weighted by Crippen LogP contribution is -2.08. The molecule has 0 aliphatic heterocycles. The van der Waals surface area contributed by atoms with E-state index < -0.39 is 0 Å². The molecule has 2 nitrogen and oxygen atoms in total. The lowest BCUT2D eigenvalue weighted by Gasteiger charge is -2.15. The highest BCUT2D eigenvalue weighted by atomic mass is 16.5. The summed E-state index contributed by atoms with van der Waals surface area (Å²) in [5.41, 5.74) is 1.16. The molecule has 2 heteroatoms. The van der Waals surface area contributed by atoms with Gasteiger partial charge in [-0.2, -0.15) is 0 Å². The minimum Gasteiger partial charge on any atom is -0.494 e. The van der Waals surface area contributed by atoms with Crippen LogP contribution in [-0.4, -0.2) is 13.7 Å². The number of methoxy groups -OCH3 is 1. The first-order chi connectivity index (χ1) is 7.24. The molecule has 1 aromatic rings. The van der Waals surface area contributed by atoms with E-state index in [-0.39, 0.29) is 5.92 Å². The Morgan fingerprint density at radius 1 is 1.33 bits per heavy atom. The number of benzene rings is 1. The molecule has 15 heavy (non-hydrogen) atoms. The molecule has 1 atom stereocenters. The number of rotatable bonds is 6. The molecular formula is C13H18O2. The molecule has 1 rings (SSSR count). The number of hydrogen-bond donors (Lipinski definition) is 0. The topological polar surface area (TPSA) is 18.5 Å². The van der Waals surface area contributed by atoms with Crippen LogP contribution in [0.1, 0.15) is 12.5 Å². The molecule has 0 saturated heterocycles. The van der Waals surface area contributed by atoms with Crippen molar-refractivity contribution in [2.24, 2.45) is 5.92 Å². The maximum atomic E-state index is 5.57. The molecule has 0 saturated carbocycles. The minimum atomic E-state index is 0.235. The standard InChI is InChI=1S/C13H18O2/c1-11(9-14-3)12(2)15-10-13-7-5-4-6-8-13/h4-8,11H,2,9-10H2,1,3H3. The maximum absolute atomic E-state index is 5.57. The van der Waals surface area contributed by atoms with Gasteiger partial charge in [0.05, 0.1) is 12.4 Å². The molecule has 0 fully saturated rings. The molecule has 82 valence electrons. The third kappa shape index (κ3) is 4.17. The van der Waals surface area contributed by atoms with Crippen molar-refractivity contribution in [3.05, 3.63) is 48.2 Å². The van der Waals surface area contributed by atoms with E-state index in [9.17, 15) is 0 Å². The monoisotopic (exact) mass is 206 g/mol. The molecule has 1 aromatic carbocycles. The summed E-state index contributed by atoms with van der Waals surface area (Å²) in [5.74, 6) is 1.01. The molecule has 0 aromatic heterocycles. The molecule has 0 aliphatic carbocycles. The van der Waals surface area contributed by atoms with Gasteiger partial charge in [-0.3, -0.25) is 0 Å². The number of hydrogen-bond acceptors (Lipinski definition) is 2. The Morgan fingerprint density at radius 2 is 2.00 bits per heavy atom. The van der Waals surface area contributed by atoms with E-state index in [2.05, 4.69) is 6.58 Å². The van der Waals surface area contributed by atoms with Gasteiger partial charge in [0, 0.05) is 13.0 Å². The van der Waals surface area contributed by atoms with Gasteiger partial charge in [0.2, 0.25) is 0 Å². The van der Waals surface area contributed by atoms with Crippen molar-refractivity contribution >= 4 is 0 Å². The Morgan fingerprint density at radius 3 is 2.60 bits per heavy atom. The van der Waals surface area contributed by atoms with Gasteiger partial charge in [-0.05, 0) is 5.56 Å². The molecule has 0 amide bonds. The SMILES string of the molecule is C=C(OCc1ccccc1)C(C)COC. The first-order valence-corrected chi connectivity index (χ1v) is 5.08. The summed E-state index contributed by atoms with van der Waals surface area (Å²) in [6.45, 7) is 7.15. The lowest BCUT2D eigenvalue weighted by molar-refractivity contribution is 0.114. The average molecular weight is 206 g/mol. The second-order valence-electron chi connectivity index (χ2n) is 3.60. The summed E-state index contributed by atoms with van der Waals surface area (Å²) in [6.07, 6.45) is 0. The Hall–Kier alpha value is -1.28. The largest absolute Gasteiger partial charge is 0.494 e. The second kappa shape index (κ2) is 6.25. The fourth-order valence-electron chi connectivity index (χ4n) is 1.24. The van der Waals surface area contributed by atoms with Crippen molar-refractivity contribution in [3.8, 4) is 0 Å². The smallest absolute Gasteiger partial charge is 0.113 e. The van der Waals surface area contributed by atoms with Gasteiger partial charge in [0.1, 0.15) is 6.61 Å². The van der Waals surface area contributed by atoms with Gasteiger partial charge < -0.3 is 9.47 Å². The van der Waals surface area contributed by atoms with Gasteiger partial charge in [0.15, 0.2) is 0 Å². The summed E-state index contributed by atoms with van der Waals surface area (Å²) in [4.78, 5) is 0. The zero-order chi connectivity index (χ0) is 11.1. The summed E-state index contributed by atoms with van der Waals surface area (Å²) in [7, 11) is 1.68. The van der Waals surface area contributed by atoms with Crippen LogP contribution in [0.15, 0.2) is 42.7 Å². The van der Waals surface area contributed by atoms with Crippen molar-refractivity contribution < 1.29 is 9.47 Å². The lowest BCUT2D eigenvalue weighted by atomic mass is 10.1. The Balaban J connectivity index is 2.34. The van der Waals surface area contributed by atoms with Crippen molar-refractivity contribution in [2.75, 3.05) is 13.7 Å². The first-order valence-electron chi connectivity index (χ1n) is 5.08. The van der Waals surface area contributed by atoms with Gasteiger partial charge in [0.25, 0.3) is 0 Å². The van der Waals surface area contributed by atoms with Gasteiger partial charge in [-0.15, -0.1) is 0 Å². The zero-order valence-corrected chi connectivity index (χ0v) is 9.40. The van der Waals surface area contributed by atoms with E-state index in [4.69, 9.17) is 9.47 Å². The highest BCUT2D eigenvalue weighted by Crippen LogP contribution is 2.12. The van der Waals surface area contributed by atoms with Crippen LogP contribution in [0.2, 0.25) is 0 Å². The van der Waals surface area contributed by atoms with Crippen molar-refractivity contribution in [2.45, 2.75) is 13.5 Å². The van der Waals surface area contributed by atoms with Crippen LogP contribution >= 0.6 is 0 Å². The van der Waals surface area contributed by atoms with Crippen LogP contribution in [0.25, 0.3) is 0 Å². The third-order valence-electron chi connectivity index (χ3n) is 2.23. The molecule has 0 N–H and O–H groups in total. The first kappa shape index (κ1) is 11.8. The molecule has 0 spiro atoms.